The summed E-state index contributed by atoms with van der Waals surface area (Å²) in [6.45, 7) is 3.16. The van der Waals surface area contributed by atoms with E-state index >= 15 is 0 Å². The van der Waals surface area contributed by atoms with Gasteiger partial charge in [-0.3, -0.25) is 9.59 Å². The van der Waals surface area contributed by atoms with E-state index < -0.39 is 6.04 Å². The molecule has 2 amide bonds. The van der Waals surface area contributed by atoms with E-state index in [1.54, 1.807) is 18.3 Å². The maximum Gasteiger partial charge on any atom is 0.244 e. The number of hydrogen-bond donors (Lipinski definition) is 1. The molecule has 1 aromatic heterocycles. The normalized spacial score (nSPS) is 17.2. The maximum absolute atomic E-state index is 13.1. The van der Waals surface area contributed by atoms with Crippen molar-refractivity contribution in [2.45, 2.75) is 38.1 Å². The molecule has 1 aliphatic heterocycles. The van der Waals surface area contributed by atoms with Gasteiger partial charge in [0.25, 0.3) is 0 Å². The third-order valence-corrected chi connectivity index (χ3v) is 7.57. The van der Waals surface area contributed by atoms with Gasteiger partial charge < -0.3 is 10.2 Å². The number of nitrogens with zero attached hydrogens (tertiary/aromatic N) is 2. The number of amides is 2. The van der Waals surface area contributed by atoms with Gasteiger partial charge in [-0.2, -0.15) is 0 Å². The summed E-state index contributed by atoms with van der Waals surface area (Å²) in [6, 6.07) is 21.6. The van der Waals surface area contributed by atoms with Crippen LogP contribution < -0.4 is 5.32 Å². The molecular weight excluding hydrogens is 430 g/mol. The van der Waals surface area contributed by atoms with Crippen molar-refractivity contribution in [3.8, 4) is 0 Å². The number of piperidine rings is 1. The average Bonchev–Trinajstić information content (AvgIpc) is 3.28. The number of carbonyl (C=O) groups excluding carboxylic acids is 2. The van der Waals surface area contributed by atoms with Crippen LogP contribution in [0.25, 0.3) is 21.0 Å². The lowest BCUT2D eigenvalue weighted by Gasteiger charge is -2.33. The Morgan fingerprint density at radius 1 is 1.09 bits per heavy atom. The molecular formula is C27H27N3O2S. The Balaban J connectivity index is 1.22. The average molecular weight is 458 g/mol. The number of benzene rings is 3. The fourth-order valence-corrected chi connectivity index (χ4v) is 5.78. The topological polar surface area (TPSA) is 62.3 Å². The molecule has 1 fully saturated rings. The van der Waals surface area contributed by atoms with Gasteiger partial charge in [0.05, 0.1) is 21.6 Å². The third kappa shape index (κ3) is 4.62. The molecule has 2 heterocycles. The highest BCUT2D eigenvalue weighted by molar-refractivity contribution is 7.18. The molecule has 168 valence electrons. The summed E-state index contributed by atoms with van der Waals surface area (Å²) < 4.78 is 1.19. The second-order valence-electron chi connectivity index (χ2n) is 8.75. The summed E-state index contributed by atoms with van der Waals surface area (Å²) in [5.74, 6) is 0.0951. The van der Waals surface area contributed by atoms with E-state index in [1.807, 2.05) is 65.6 Å². The predicted octanol–water partition coefficient (Wildman–Crippen LogP) is 4.90. The second-order valence-corrected chi connectivity index (χ2v) is 9.81. The molecule has 0 spiro atoms. The Bertz CT molecular complexity index is 1280. The zero-order valence-electron chi connectivity index (χ0n) is 18.7. The molecule has 6 heteroatoms. The summed E-state index contributed by atoms with van der Waals surface area (Å²) >= 11 is 1.72. The Morgan fingerprint density at radius 2 is 1.88 bits per heavy atom. The minimum absolute atomic E-state index is 0.0212. The van der Waals surface area contributed by atoms with Crippen molar-refractivity contribution in [3.05, 3.63) is 77.3 Å². The fourth-order valence-electron chi connectivity index (χ4n) is 4.69. The van der Waals surface area contributed by atoms with Gasteiger partial charge in [-0.05, 0) is 48.2 Å². The molecule has 1 saturated heterocycles. The third-order valence-electron chi connectivity index (χ3n) is 6.37. The lowest BCUT2D eigenvalue weighted by atomic mass is 9.98. The number of likely N-dealkylation sites (tertiary alicyclic amines) is 1. The van der Waals surface area contributed by atoms with Gasteiger partial charge in [0.2, 0.25) is 11.8 Å². The van der Waals surface area contributed by atoms with E-state index in [-0.39, 0.29) is 24.2 Å². The van der Waals surface area contributed by atoms with E-state index in [2.05, 4.69) is 11.4 Å². The molecule has 0 bridgehead atoms. The van der Waals surface area contributed by atoms with Crippen molar-refractivity contribution in [1.29, 1.82) is 0 Å². The minimum atomic E-state index is -0.554. The van der Waals surface area contributed by atoms with E-state index in [9.17, 15) is 9.59 Å². The molecule has 5 rings (SSSR count). The summed E-state index contributed by atoms with van der Waals surface area (Å²) in [5, 5.41) is 6.21. The summed E-state index contributed by atoms with van der Waals surface area (Å²) in [7, 11) is 0. The molecule has 0 saturated carbocycles. The summed E-state index contributed by atoms with van der Waals surface area (Å²) in [4.78, 5) is 32.6. The zero-order chi connectivity index (χ0) is 22.8. The van der Waals surface area contributed by atoms with E-state index in [0.29, 0.717) is 6.54 Å². The smallest absolute Gasteiger partial charge is 0.244 e. The van der Waals surface area contributed by atoms with Gasteiger partial charge in [-0.1, -0.05) is 54.6 Å². The molecule has 1 aliphatic rings. The highest BCUT2D eigenvalue weighted by atomic mass is 32.1. The monoisotopic (exact) mass is 457 g/mol. The highest BCUT2D eigenvalue weighted by Crippen LogP contribution is 2.33. The van der Waals surface area contributed by atoms with Crippen LogP contribution in [0.15, 0.2) is 66.7 Å². The van der Waals surface area contributed by atoms with Gasteiger partial charge in [0.15, 0.2) is 0 Å². The number of nitrogens with one attached hydrogen (secondary N) is 1. The molecule has 33 heavy (non-hydrogen) atoms. The number of para-hydroxylation sites is 1. The molecule has 2 atom stereocenters. The predicted molar refractivity (Wildman–Crippen MR) is 133 cm³/mol. The van der Waals surface area contributed by atoms with Crippen LogP contribution in [0.4, 0.5) is 0 Å². The number of carbonyl (C=O) groups is 2. The van der Waals surface area contributed by atoms with Gasteiger partial charge in [0, 0.05) is 19.0 Å². The van der Waals surface area contributed by atoms with Crippen LogP contribution in [0.2, 0.25) is 0 Å². The Hall–Kier alpha value is -3.25. The molecule has 4 aromatic rings. The number of fused-ring (bicyclic) bond motifs is 2. The van der Waals surface area contributed by atoms with Crippen molar-refractivity contribution in [1.82, 2.24) is 15.2 Å². The van der Waals surface area contributed by atoms with Crippen LogP contribution in [0.5, 0.6) is 0 Å². The SMILES string of the molecule is C[C@H](NC(=O)Cc1cccc2ccccc12)C(=O)N1CCC[C@@H](c2nc3ccccc3s2)C1. The first kappa shape index (κ1) is 21.6. The van der Waals surface area contributed by atoms with Crippen LogP contribution >= 0.6 is 11.3 Å². The summed E-state index contributed by atoms with van der Waals surface area (Å²) in [6.07, 6.45) is 2.24. The largest absolute Gasteiger partial charge is 0.344 e. The minimum Gasteiger partial charge on any atom is -0.344 e. The van der Waals surface area contributed by atoms with E-state index in [0.717, 1.165) is 46.2 Å². The van der Waals surface area contributed by atoms with Crippen molar-refractivity contribution in [2.24, 2.45) is 0 Å². The molecule has 5 nitrogen and oxygen atoms in total. The fraction of sp³-hybridized carbons (Fsp3) is 0.296. The van der Waals surface area contributed by atoms with Crippen LogP contribution in [0.1, 0.15) is 36.3 Å². The first-order valence-corrected chi connectivity index (χ1v) is 12.3. The van der Waals surface area contributed by atoms with Crippen molar-refractivity contribution >= 4 is 44.1 Å². The van der Waals surface area contributed by atoms with Gasteiger partial charge >= 0.3 is 0 Å². The maximum atomic E-state index is 13.1. The van der Waals surface area contributed by atoms with Crippen LogP contribution in [0, 0.1) is 0 Å². The first-order chi connectivity index (χ1) is 16.1. The van der Waals surface area contributed by atoms with Crippen LogP contribution in [-0.2, 0) is 16.0 Å². The standard InChI is InChI=1S/C27H27N3O2S/c1-18(28-25(31)16-20-10-6-9-19-8-2-3-12-22(19)20)27(32)30-15-7-11-21(17-30)26-29-23-13-4-5-14-24(23)33-26/h2-6,8-10,12-14,18,21H,7,11,15-17H2,1H3,(H,28,31)/t18-,21+/m0/s1. The van der Waals surface area contributed by atoms with Gasteiger partial charge in [0.1, 0.15) is 6.04 Å². The van der Waals surface area contributed by atoms with Crippen LogP contribution in [-0.4, -0.2) is 40.8 Å². The van der Waals surface area contributed by atoms with Crippen molar-refractivity contribution in [3.63, 3.8) is 0 Å². The first-order valence-electron chi connectivity index (χ1n) is 11.5. The van der Waals surface area contributed by atoms with Gasteiger partial charge in [-0.25, -0.2) is 4.98 Å². The Morgan fingerprint density at radius 3 is 2.76 bits per heavy atom. The molecule has 1 N–H and O–H groups in total. The van der Waals surface area contributed by atoms with Crippen molar-refractivity contribution in [2.75, 3.05) is 13.1 Å². The quantitative estimate of drug-likeness (QED) is 0.464. The lowest BCUT2D eigenvalue weighted by Crippen LogP contribution is -2.50. The second kappa shape index (κ2) is 9.32. The number of aromatic nitrogens is 1. The molecule has 3 aromatic carbocycles. The zero-order valence-corrected chi connectivity index (χ0v) is 19.5. The van der Waals surface area contributed by atoms with Crippen molar-refractivity contribution < 1.29 is 9.59 Å². The Labute approximate surface area is 197 Å². The van der Waals surface area contributed by atoms with Crippen LogP contribution in [0.3, 0.4) is 0 Å². The number of hydrogen-bond acceptors (Lipinski definition) is 4. The Kier molecular flexibility index (Phi) is 6.09. The van der Waals surface area contributed by atoms with Gasteiger partial charge in [-0.15, -0.1) is 11.3 Å². The highest BCUT2D eigenvalue weighted by Gasteiger charge is 2.29. The lowest BCUT2D eigenvalue weighted by molar-refractivity contribution is -0.136. The number of thiazole rings is 1. The van der Waals surface area contributed by atoms with E-state index in [1.165, 1.54) is 4.70 Å². The molecule has 0 unspecified atom stereocenters. The summed E-state index contributed by atoms with van der Waals surface area (Å²) in [5.41, 5.74) is 1.99. The molecule has 0 radical (unpaired) electrons. The van der Waals surface area contributed by atoms with E-state index in [4.69, 9.17) is 4.98 Å². The number of rotatable bonds is 5. The molecule has 0 aliphatic carbocycles.